The second-order valence-corrected chi connectivity index (χ2v) is 14.0. The van der Waals surface area contributed by atoms with Crippen LogP contribution in [0.4, 0.5) is 10.3 Å². The number of aromatic nitrogens is 4. The predicted octanol–water partition coefficient (Wildman–Crippen LogP) is 2.30. The number of β-lactam (4-membered cyclic amide) rings is 1. The van der Waals surface area contributed by atoms with Crippen LogP contribution in [0, 0.1) is 0 Å². The van der Waals surface area contributed by atoms with Gasteiger partial charge in [-0.2, -0.15) is 4.57 Å². The van der Waals surface area contributed by atoms with Crippen LogP contribution in [0.3, 0.4) is 0 Å². The number of thioether (sulfide) groups is 1. The first-order chi connectivity index (χ1) is 24.2. The number of hydrogen-bond donors (Lipinski definition) is 4. The van der Waals surface area contributed by atoms with Gasteiger partial charge in [0, 0.05) is 58.7 Å². The van der Waals surface area contributed by atoms with Crippen molar-refractivity contribution >= 4 is 85.1 Å². The number of carbonyl (C=O) groups excluding carboxylic acids is 2. The second-order valence-electron chi connectivity index (χ2n) is 11.2. The van der Waals surface area contributed by atoms with E-state index in [1.54, 1.807) is 11.6 Å². The smallest absolute Gasteiger partial charge is 0.352 e. The zero-order valence-corrected chi connectivity index (χ0v) is 28.7. The number of anilines is 1. The van der Waals surface area contributed by atoms with Crippen molar-refractivity contribution in [2.45, 2.75) is 24.5 Å². The lowest BCUT2D eigenvalue weighted by Gasteiger charge is -2.49. The number of oxime groups is 1. The van der Waals surface area contributed by atoms with Crippen LogP contribution in [0.1, 0.15) is 16.8 Å². The monoisotopic (exact) mass is 729 g/mol. The number of nitrogen functional groups attached to an aromatic ring is 1. The Balaban J connectivity index is 1.07. The van der Waals surface area contributed by atoms with Gasteiger partial charge in [0.1, 0.15) is 41.3 Å². The summed E-state index contributed by atoms with van der Waals surface area (Å²) in [5, 5.41) is 20.3. The fourth-order valence-corrected chi connectivity index (χ4v) is 8.22. The maximum atomic E-state index is 13.4. The minimum Gasteiger partial charge on any atom is -0.477 e. The standard InChI is InChI=1S/C32H28N10O5S3/c1-47-39-23(20-16-50-31(34)36-20)27(43)37-24-28(44)42-25(30(45)46)19(15-49-29(24)42)14-40-10-2-3-21-22(40)8-11-41(21)13-17-4-6-18(7-5-17)26(33)38-32-35-9-12-48-32/h2-12,16,24,29H,13-15H2,1H3,(H5-,33,34,35,36,37,38,43,45,46)/p+1/b39-23-/t24-,29-/m1/s1. The van der Waals surface area contributed by atoms with Crippen molar-refractivity contribution < 1.29 is 28.9 Å². The third kappa shape index (κ3) is 6.30. The van der Waals surface area contributed by atoms with Gasteiger partial charge >= 0.3 is 5.97 Å². The predicted molar refractivity (Wildman–Crippen MR) is 190 cm³/mol. The summed E-state index contributed by atoms with van der Waals surface area (Å²) in [4.78, 5) is 57.7. The zero-order valence-electron chi connectivity index (χ0n) is 26.3. The fraction of sp³-hybridized carbons (Fsp3) is 0.188. The van der Waals surface area contributed by atoms with E-state index in [0.29, 0.717) is 28.8 Å². The number of aliphatic carboxylic acids is 1. The van der Waals surface area contributed by atoms with Crippen molar-refractivity contribution in [2.75, 3.05) is 18.6 Å². The molecule has 0 bridgehead atoms. The summed E-state index contributed by atoms with van der Waals surface area (Å²) in [5.74, 6) is -1.69. The van der Waals surface area contributed by atoms with Gasteiger partial charge in [0.25, 0.3) is 11.8 Å². The number of nitrogens with two attached hydrogens (primary N) is 2. The Bertz CT molecular complexity index is 2210. The van der Waals surface area contributed by atoms with Gasteiger partial charge in [0.15, 0.2) is 23.6 Å². The highest BCUT2D eigenvalue weighted by atomic mass is 32.2. The first-order valence-corrected chi connectivity index (χ1v) is 17.9. The van der Waals surface area contributed by atoms with Crippen LogP contribution >= 0.6 is 34.4 Å². The second kappa shape index (κ2) is 13.7. The molecule has 1 saturated heterocycles. The lowest BCUT2D eigenvalue weighted by Crippen LogP contribution is -2.71. The van der Waals surface area contributed by atoms with Crippen molar-refractivity contribution in [2.24, 2.45) is 15.9 Å². The minimum atomic E-state index is -1.21. The van der Waals surface area contributed by atoms with Crippen LogP contribution in [-0.4, -0.2) is 78.2 Å². The Kier molecular flexibility index (Phi) is 9.04. The van der Waals surface area contributed by atoms with E-state index in [9.17, 15) is 19.5 Å². The number of carboxylic acid groups (broad SMARTS) is 1. The Morgan fingerprint density at radius 3 is 2.72 bits per heavy atom. The fourth-order valence-electron chi connectivity index (χ4n) is 5.82. The number of thiazole rings is 2. The van der Waals surface area contributed by atoms with Gasteiger partial charge in [0.05, 0.1) is 0 Å². The average Bonchev–Trinajstić information content (AvgIpc) is 3.88. The van der Waals surface area contributed by atoms with Gasteiger partial charge in [-0.05, 0) is 11.6 Å². The Labute approximate surface area is 296 Å². The molecule has 254 valence electrons. The minimum absolute atomic E-state index is 0.0796. The molecule has 2 aliphatic rings. The molecule has 15 nitrogen and oxygen atoms in total. The SMILES string of the molecule is CO/N=C(\C(=O)N[C@@H]1C(=O)N2C(C(=O)O)=C(C[n+]3cccc4c3ccn4Cc3ccc(C(N)=Nc4nccs4)cc3)CS[C@H]12)c1csc(N)n1. The molecule has 2 atom stereocenters. The van der Waals surface area contributed by atoms with Crippen LogP contribution in [-0.2, 0) is 32.3 Å². The van der Waals surface area contributed by atoms with Crippen LogP contribution in [0.25, 0.3) is 11.0 Å². The lowest BCUT2D eigenvalue weighted by molar-refractivity contribution is -0.663. The Hall–Kier alpha value is -5.59. The molecular weight excluding hydrogens is 701 g/mol. The number of amides is 2. The molecule has 2 aliphatic heterocycles. The third-order valence-electron chi connectivity index (χ3n) is 8.11. The largest absolute Gasteiger partial charge is 0.477 e. The number of nitrogens with zero attached hydrogens (tertiary/aromatic N) is 7. The summed E-state index contributed by atoms with van der Waals surface area (Å²) in [7, 11) is 1.29. The van der Waals surface area contributed by atoms with Crippen LogP contribution in [0.2, 0.25) is 0 Å². The van der Waals surface area contributed by atoms with E-state index in [4.69, 9.17) is 16.3 Å². The summed E-state index contributed by atoms with van der Waals surface area (Å²) >= 11 is 3.92. The van der Waals surface area contributed by atoms with Gasteiger partial charge in [-0.3, -0.25) is 14.5 Å². The Morgan fingerprint density at radius 2 is 2.02 bits per heavy atom. The summed E-state index contributed by atoms with van der Waals surface area (Å²) in [6, 6.07) is 12.8. The molecule has 5 aromatic rings. The van der Waals surface area contributed by atoms with Crippen molar-refractivity contribution in [1.29, 1.82) is 0 Å². The van der Waals surface area contributed by atoms with E-state index in [0.717, 1.165) is 33.5 Å². The van der Waals surface area contributed by atoms with Crippen molar-refractivity contribution in [3.63, 3.8) is 0 Å². The Morgan fingerprint density at radius 1 is 1.20 bits per heavy atom. The van der Waals surface area contributed by atoms with Gasteiger partial charge in [-0.25, -0.2) is 19.8 Å². The molecule has 50 heavy (non-hydrogen) atoms. The quantitative estimate of drug-likeness (QED) is 0.0513. The molecule has 7 rings (SSSR count). The van der Waals surface area contributed by atoms with Gasteiger partial charge in [-0.1, -0.05) is 29.4 Å². The number of nitrogens with one attached hydrogen (secondary N) is 1. The van der Waals surface area contributed by atoms with Crippen molar-refractivity contribution in [3.8, 4) is 0 Å². The van der Waals surface area contributed by atoms with E-state index in [1.165, 1.54) is 35.1 Å². The summed E-state index contributed by atoms with van der Waals surface area (Å²) in [6.45, 7) is 0.853. The van der Waals surface area contributed by atoms with Crippen LogP contribution in [0.15, 0.2) is 93.2 Å². The number of rotatable bonds is 11. The molecule has 18 heteroatoms. The van der Waals surface area contributed by atoms with Gasteiger partial charge in [0.2, 0.25) is 10.6 Å². The van der Waals surface area contributed by atoms with E-state index in [1.807, 2.05) is 64.8 Å². The first-order valence-electron chi connectivity index (χ1n) is 15.1. The third-order valence-corrected chi connectivity index (χ3v) is 10.8. The van der Waals surface area contributed by atoms with E-state index in [-0.39, 0.29) is 28.8 Å². The molecule has 4 aromatic heterocycles. The topological polar surface area (TPSA) is 207 Å². The molecule has 6 N–H and O–H groups in total. The maximum absolute atomic E-state index is 13.4. The average molecular weight is 730 g/mol. The lowest BCUT2D eigenvalue weighted by atomic mass is 10.0. The number of benzene rings is 1. The van der Waals surface area contributed by atoms with E-state index < -0.39 is 29.2 Å². The molecular formula is C32H29N10O5S3+. The van der Waals surface area contributed by atoms with Crippen molar-refractivity contribution in [3.05, 3.63) is 99.9 Å². The number of aliphatic imine (C=N–C) groups is 1. The molecule has 0 aliphatic carbocycles. The highest BCUT2D eigenvalue weighted by molar-refractivity contribution is 8.00. The first kappa shape index (κ1) is 32.9. The number of carboxylic acids is 1. The zero-order chi connectivity index (χ0) is 34.9. The molecule has 0 unspecified atom stereocenters. The summed E-state index contributed by atoms with van der Waals surface area (Å²) in [6.07, 6.45) is 5.55. The van der Waals surface area contributed by atoms with Crippen molar-refractivity contribution in [1.82, 2.24) is 24.8 Å². The molecule has 0 saturated carbocycles. The van der Waals surface area contributed by atoms with E-state index >= 15 is 0 Å². The number of pyridine rings is 1. The summed E-state index contributed by atoms with van der Waals surface area (Å²) in [5.41, 5.74) is 16.2. The molecule has 1 fully saturated rings. The molecule has 0 spiro atoms. The summed E-state index contributed by atoms with van der Waals surface area (Å²) < 4.78 is 4.08. The molecule has 2 amide bonds. The maximum Gasteiger partial charge on any atom is 0.352 e. The molecule has 1 aromatic carbocycles. The number of amidine groups is 1. The highest BCUT2D eigenvalue weighted by Gasteiger charge is 2.55. The van der Waals surface area contributed by atoms with Gasteiger partial charge in [-0.15, -0.1) is 34.4 Å². The van der Waals surface area contributed by atoms with Crippen LogP contribution < -0.4 is 21.4 Å². The number of hydrogen-bond acceptors (Lipinski definition) is 12. The molecule has 6 heterocycles. The van der Waals surface area contributed by atoms with Crippen LogP contribution in [0.5, 0.6) is 0 Å². The molecule has 0 radical (unpaired) electrons. The number of fused-ring (bicyclic) bond motifs is 2. The van der Waals surface area contributed by atoms with E-state index in [2.05, 4.69) is 30.0 Å². The van der Waals surface area contributed by atoms with Gasteiger partial charge < -0.3 is 31.3 Å². The number of carbonyl (C=O) groups is 3. The normalized spacial score (nSPS) is 17.9. The highest BCUT2D eigenvalue weighted by Crippen LogP contribution is 2.40.